The third-order valence-corrected chi connectivity index (χ3v) is 11.0. The molecule has 2 saturated carbocycles. The van der Waals surface area contributed by atoms with Gasteiger partial charge in [0, 0.05) is 47.6 Å². The van der Waals surface area contributed by atoms with Crippen LogP contribution in [0.5, 0.6) is 0 Å². The van der Waals surface area contributed by atoms with Crippen molar-refractivity contribution in [3.63, 3.8) is 0 Å². The summed E-state index contributed by atoms with van der Waals surface area (Å²) in [7, 11) is 1.30. The molecule has 10 atom stereocenters. The summed E-state index contributed by atoms with van der Waals surface area (Å²) in [5, 5.41) is 0. The Bertz CT molecular complexity index is 1350. The summed E-state index contributed by atoms with van der Waals surface area (Å²) in [6, 6.07) is 1.77. The minimum Gasteiger partial charge on any atom is -0.472 e. The molecule has 0 amide bonds. The zero-order valence-corrected chi connectivity index (χ0v) is 25.0. The van der Waals surface area contributed by atoms with E-state index in [1.807, 2.05) is 33.8 Å². The van der Waals surface area contributed by atoms with Crippen molar-refractivity contribution in [1.82, 2.24) is 0 Å². The molecule has 5 fully saturated rings. The fourth-order valence-electron chi connectivity index (χ4n) is 9.67. The van der Waals surface area contributed by atoms with Crippen molar-refractivity contribution in [2.45, 2.75) is 90.0 Å². The molecule has 3 aliphatic heterocycles. The minimum absolute atomic E-state index is 0.204. The Morgan fingerprint density at radius 2 is 1.76 bits per heavy atom. The molecule has 0 N–H and O–H groups in total. The number of ether oxygens (including phenoxy) is 6. The molecule has 1 spiro atoms. The van der Waals surface area contributed by atoms with Crippen LogP contribution in [-0.2, 0) is 47.6 Å². The van der Waals surface area contributed by atoms with Gasteiger partial charge in [0.25, 0.3) is 0 Å². The number of methoxy groups -OCH3 is 1. The van der Waals surface area contributed by atoms with Crippen LogP contribution in [0.2, 0.25) is 0 Å². The molecule has 0 radical (unpaired) electrons. The topological polar surface area (TPSA) is 140 Å². The van der Waals surface area contributed by atoms with Crippen molar-refractivity contribution in [1.29, 1.82) is 0 Å². The van der Waals surface area contributed by atoms with Crippen LogP contribution in [0.25, 0.3) is 0 Å². The van der Waals surface area contributed by atoms with Crippen LogP contribution in [0.1, 0.15) is 66.1 Å². The summed E-state index contributed by atoms with van der Waals surface area (Å²) in [5.74, 6) is -3.02. The summed E-state index contributed by atoms with van der Waals surface area (Å²) < 4.78 is 41.6. The molecular formula is C31H38O11. The Kier molecular flexibility index (Phi) is 6.31. The van der Waals surface area contributed by atoms with Crippen molar-refractivity contribution in [3.8, 4) is 0 Å². The van der Waals surface area contributed by atoms with E-state index >= 15 is 0 Å². The van der Waals surface area contributed by atoms with Gasteiger partial charge < -0.3 is 32.8 Å². The molecule has 2 aliphatic carbocycles. The largest absolute Gasteiger partial charge is 0.472 e. The quantitative estimate of drug-likeness (QED) is 0.217. The lowest BCUT2D eigenvalue weighted by molar-refractivity contribution is -0.274. The van der Waals surface area contributed by atoms with Crippen LogP contribution >= 0.6 is 0 Å². The molecule has 11 nitrogen and oxygen atoms in total. The molecule has 228 valence electrons. The van der Waals surface area contributed by atoms with Crippen LogP contribution < -0.4 is 0 Å². The van der Waals surface area contributed by atoms with E-state index in [9.17, 15) is 19.2 Å². The van der Waals surface area contributed by atoms with Gasteiger partial charge >= 0.3 is 23.9 Å². The second kappa shape index (κ2) is 9.16. The molecule has 11 heteroatoms. The van der Waals surface area contributed by atoms with Crippen molar-refractivity contribution in [2.75, 3.05) is 13.7 Å². The van der Waals surface area contributed by atoms with E-state index < -0.39 is 81.7 Å². The highest BCUT2D eigenvalue weighted by molar-refractivity contribution is 5.83. The van der Waals surface area contributed by atoms with Gasteiger partial charge in [0.05, 0.1) is 31.8 Å². The average molecular weight is 587 g/mol. The smallest absolute Gasteiger partial charge is 0.339 e. The van der Waals surface area contributed by atoms with Gasteiger partial charge in [0.1, 0.15) is 23.9 Å². The van der Waals surface area contributed by atoms with Crippen molar-refractivity contribution >= 4 is 23.9 Å². The van der Waals surface area contributed by atoms with Crippen molar-refractivity contribution < 1.29 is 52.0 Å². The van der Waals surface area contributed by atoms with Gasteiger partial charge in [-0.25, -0.2) is 9.59 Å². The highest BCUT2D eigenvalue weighted by Gasteiger charge is 2.90. The van der Waals surface area contributed by atoms with Gasteiger partial charge in [0.15, 0.2) is 6.10 Å². The Hall–Kier alpha value is -3.18. The highest BCUT2D eigenvalue weighted by atomic mass is 16.7. The first-order valence-corrected chi connectivity index (χ1v) is 14.4. The van der Waals surface area contributed by atoms with E-state index in [4.69, 9.17) is 32.8 Å². The van der Waals surface area contributed by atoms with Crippen molar-refractivity contribution in [2.24, 2.45) is 28.1 Å². The SMILES string of the molecule is COC(=O)C=C[C@@]12COC(C)(C)[C@@H]1[C@H](OC(C)=O)[C@@H](OC(C)=O)[C@]1(C)[C@H]2CC[C@]2(C)[C@H](c3ccoc3)OC(=O)[C@H]3O[C@]312. The second-order valence-electron chi connectivity index (χ2n) is 13.3. The number of esters is 4. The van der Waals surface area contributed by atoms with E-state index in [2.05, 4.69) is 0 Å². The lowest BCUT2D eigenvalue weighted by Crippen LogP contribution is -2.76. The predicted molar refractivity (Wildman–Crippen MR) is 142 cm³/mol. The lowest BCUT2D eigenvalue weighted by Gasteiger charge is -2.67. The van der Waals surface area contributed by atoms with Gasteiger partial charge in [-0.3, -0.25) is 9.59 Å². The molecule has 4 heterocycles. The van der Waals surface area contributed by atoms with Gasteiger partial charge in [-0.05, 0) is 38.7 Å². The van der Waals surface area contributed by atoms with Crippen LogP contribution in [0.3, 0.4) is 0 Å². The molecule has 3 saturated heterocycles. The van der Waals surface area contributed by atoms with E-state index in [0.29, 0.717) is 18.4 Å². The first-order valence-electron chi connectivity index (χ1n) is 14.4. The average Bonchev–Trinajstić information content (AvgIpc) is 3.37. The van der Waals surface area contributed by atoms with Gasteiger partial charge in [-0.15, -0.1) is 0 Å². The summed E-state index contributed by atoms with van der Waals surface area (Å²) >= 11 is 0. The van der Waals surface area contributed by atoms with Crippen LogP contribution in [0, 0.1) is 28.1 Å². The van der Waals surface area contributed by atoms with Crippen LogP contribution in [-0.4, -0.2) is 67.1 Å². The third kappa shape index (κ3) is 3.52. The lowest BCUT2D eigenvalue weighted by atomic mass is 9.37. The first kappa shape index (κ1) is 28.9. The number of furan rings is 1. The van der Waals surface area contributed by atoms with E-state index in [1.165, 1.54) is 33.3 Å². The Morgan fingerprint density at radius 3 is 2.38 bits per heavy atom. The molecule has 0 bridgehead atoms. The summed E-state index contributed by atoms with van der Waals surface area (Å²) in [5.41, 5.74) is -4.05. The fraction of sp³-hybridized carbons (Fsp3) is 0.677. The number of hydrogen-bond acceptors (Lipinski definition) is 11. The van der Waals surface area contributed by atoms with Gasteiger partial charge in [0.2, 0.25) is 0 Å². The van der Waals surface area contributed by atoms with Gasteiger partial charge in [-0.1, -0.05) is 19.9 Å². The summed E-state index contributed by atoms with van der Waals surface area (Å²) in [6.45, 7) is 10.6. The Morgan fingerprint density at radius 1 is 1.05 bits per heavy atom. The van der Waals surface area contributed by atoms with Crippen molar-refractivity contribution in [3.05, 3.63) is 36.3 Å². The van der Waals surface area contributed by atoms with E-state index in [0.717, 1.165) is 0 Å². The molecule has 5 aliphatic rings. The number of cyclic esters (lactones) is 1. The maximum Gasteiger partial charge on any atom is 0.339 e. The van der Waals surface area contributed by atoms with Gasteiger partial charge in [-0.2, -0.15) is 0 Å². The molecule has 0 aromatic carbocycles. The number of epoxide rings is 1. The minimum atomic E-state index is -1.16. The molecular weight excluding hydrogens is 548 g/mol. The normalized spacial score (nSPS) is 44.6. The molecule has 1 aromatic heterocycles. The standard InChI is InChI=1S/C31H38O11/c1-16(32)39-21-22-27(3,4)38-15-30(22,12-9-20(34)36-7)19-8-11-28(5)23(18-10-13-37-14-18)41-26(35)25-31(28,42-25)29(19,6)24(21)40-17(2)33/h9-10,12-14,19,21-25H,8,11,15H2,1-7H3/t19-,21+,22+,23+,24-,25-,28-,29+,30+,31+/m1/s1. The zero-order chi connectivity index (χ0) is 30.5. The van der Waals surface area contributed by atoms with Crippen LogP contribution in [0.4, 0.5) is 0 Å². The first-order chi connectivity index (χ1) is 19.7. The Balaban J connectivity index is 1.62. The zero-order valence-electron chi connectivity index (χ0n) is 25.0. The van der Waals surface area contributed by atoms with E-state index in [1.54, 1.807) is 12.3 Å². The molecule has 1 aromatic rings. The number of carbonyl (C=O) groups excluding carboxylic acids is 4. The second-order valence-corrected chi connectivity index (χ2v) is 13.3. The monoisotopic (exact) mass is 586 g/mol. The van der Waals surface area contributed by atoms with Crippen LogP contribution in [0.15, 0.2) is 35.2 Å². The maximum atomic E-state index is 13.5. The summed E-state index contributed by atoms with van der Waals surface area (Å²) in [4.78, 5) is 51.5. The number of carbonyl (C=O) groups is 4. The number of rotatable bonds is 5. The predicted octanol–water partition coefficient (Wildman–Crippen LogP) is 3.46. The molecule has 6 rings (SSSR count). The number of fused-ring (bicyclic) bond motifs is 3. The maximum absolute atomic E-state index is 13.5. The fourth-order valence-corrected chi connectivity index (χ4v) is 9.67. The third-order valence-electron chi connectivity index (χ3n) is 11.0. The molecule has 42 heavy (non-hydrogen) atoms. The summed E-state index contributed by atoms with van der Waals surface area (Å²) in [6.07, 6.45) is 3.84. The van der Waals surface area contributed by atoms with E-state index in [-0.39, 0.29) is 12.5 Å². The highest BCUT2D eigenvalue weighted by Crippen LogP contribution is 2.80. The molecule has 0 unspecified atom stereocenters. The Labute approximate surface area is 244 Å². The number of hydrogen-bond donors (Lipinski definition) is 0.